The van der Waals surface area contributed by atoms with E-state index < -0.39 is 0 Å². The van der Waals surface area contributed by atoms with Crippen molar-refractivity contribution in [3.8, 4) is 0 Å². The molecule has 2 rings (SSSR count). The summed E-state index contributed by atoms with van der Waals surface area (Å²) < 4.78 is 14.3. The molecule has 1 amide bonds. The van der Waals surface area contributed by atoms with Crippen molar-refractivity contribution in [2.24, 2.45) is 0 Å². The Balaban J connectivity index is 1.92. The average molecular weight is 369 g/mol. The Morgan fingerprint density at radius 1 is 1.11 bits per heavy atom. The van der Waals surface area contributed by atoms with Gasteiger partial charge in [0.15, 0.2) is 0 Å². The van der Waals surface area contributed by atoms with E-state index in [-0.39, 0.29) is 11.7 Å². The lowest BCUT2D eigenvalue weighted by atomic mass is 10.1. The van der Waals surface area contributed by atoms with Gasteiger partial charge in [0.25, 0.3) is 5.91 Å². The third-order valence-corrected chi connectivity index (χ3v) is 3.70. The Kier molecular flexibility index (Phi) is 4.90. The number of hydrogen-bond acceptors (Lipinski definition) is 1. The first kappa shape index (κ1) is 14.0. The van der Waals surface area contributed by atoms with Gasteiger partial charge in [0.2, 0.25) is 0 Å². The molecule has 0 bridgehead atoms. The molecule has 2 nitrogen and oxygen atoms in total. The number of rotatable bonds is 4. The molecule has 0 radical (unpaired) electrons. The van der Waals surface area contributed by atoms with Crippen LogP contribution >= 0.6 is 22.6 Å². The molecule has 0 fully saturated rings. The van der Waals surface area contributed by atoms with Crippen molar-refractivity contribution in [3.63, 3.8) is 0 Å². The monoisotopic (exact) mass is 369 g/mol. The van der Waals surface area contributed by atoms with Gasteiger partial charge in [-0.05, 0) is 52.8 Å². The Hall–Kier alpha value is -1.43. The molecule has 1 N–H and O–H groups in total. The molecule has 0 aromatic heterocycles. The van der Waals surface area contributed by atoms with E-state index in [1.165, 1.54) is 6.07 Å². The SMILES string of the molecule is O=C(NCCc1ccccc1F)c1ccccc1I. The van der Waals surface area contributed by atoms with Gasteiger partial charge in [-0.2, -0.15) is 0 Å². The van der Waals surface area contributed by atoms with E-state index >= 15 is 0 Å². The summed E-state index contributed by atoms with van der Waals surface area (Å²) >= 11 is 2.12. The fraction of sp³-hybridized carbons (Fsp3) is 0.133. The van der Waals surface area contributed by atoms with E-state index in [0.29, 0.717) is 24.1 Å². The second-order valence-electron chi connectivity index (χ2n) is 4.08. The normalized spacial score (nSPS) is 10.2. The zero-order valence-corrected chi connectivity index (χ0v) is 12.4. The van der Waals surface area contributed by atoms with Crippen LogP contribution in [-0.2, 0) is 6.42 Å². The molecule has 0 aliphatic carbocycles. The predicted octanol–water partition coefficient (Wildman–Crippen LogP) is 3.40. The summed E-state index contributed by atoms with van der Waals surface area (Å²) in [5.41, 5.74) is 1.27. The minimum atomic E-state index is -0.231. The van der Waals surface area contributed by atoms with Gasteiger partial charge in [-0.1, -0.05) is 30.3 Å². The third kappa shape index (κ3) is 3.76. The van der Waals surface area contributed by atoms with Gasteiger partial charge in [0.1, 0.15) is 5.82 Å². The lowest BCUT2D eigenvalue weighted by Gasteiger charge is -2.07. The van der Waals surface area contributed by atoms with Crippen LogP contribution in [0.4, 0.5) is 4.39 Å². The number of carbonyl (C=O) groups is 1. The van der Waals surface area contributed by atoms with Gasteiger partial charge in [-0.15, -0.1) is 0 Å². The van der Waals surface area contributed by atoms with Crippen molar-refractivity contribution < 1.29 is 9.18 Å². The van der Waals surface area contributed by atoms with Crippen LogP contribution in [0.5, 0.6) is 0 Å². The van der Waals surface area contributed by atoms with E-state index in [4.69, 9.17) is 0 Å². The number of hydrogen-bond donors (Lipinski definition) is 1. The van der Waals surface area contributed by atoms with Gasteiger partial charge in [-0.3, -0.25) is 4.79 Å². The topological polar surface area (TPSA) is 29.1 Å². The van der Waals surface area contributed by atoms with Gasteiger partial charge in [0, 0.05) is 10.1 Å². The summed E-state index contributed by atoms with van der Waals surface area (Å²) in [6.07, 6.45) is 0.488. The fourth-order valence-electron chi connectivity index (χ4n) is 1.75. The molecule has 98 valence electrons. The minimum absolute atomic E-state index is 0.124. The Labute approximate surface area is 125 Å². The molecule has 19 heavy (non-hydrogen) atoms. The summed E-state index contributed by atoms with van der Waals surface area (Å²) in [5, 5.41) is 2.81. The largest absolute Gasteiger partial charge is 0.352 e. The first-order valence-corrected chi connectivity index (χ1v) is 7.02. The summed E-state index contributed by atoms with van der Waals surface area (Å²) in [5.74, 6) is -0.354. The second-order valence-corrected chi connectivity index (χ2v) is 5.24. The lowest BCUT2D eigenvalue weighted by molar-refractivity contribution is 0.0953. The molecule has 0 aliphatic rings. The van der Waals surface area contributed by atoms with Crippen LogP contribution in [0.15, 0.2) is 48.5 Å². The van der Waals surface area contributed by atoms with Crippen LogP contribution in [0.2, 0.25) is 0 Å². The molecule has 0 spiro atoms. The zero-order chi connectivity index (χ0) is 13.7. The smallest absolute Gasteiger partial charge is 0.252 e. The molecule has 0 unspecified atom stereocenters. The summed E-state index contributed by atoms with van der Waals surface area (Å²) in [7, 11) is 0. The molecule has 0 heterocycles. The van der Waals surface area contributed by atoms with Crippen molar-refractivity contribution in [1.29, 1.82) is 0 Å². The van der Waals surface area contributed by atoms with E-state index in [2.05, 4.69) is 27.9 Å². The highest BCUT2D eigenvalue weighted by atomic mass is 127. The van der Waals surface area contributed by atoms with Gasteiger partial charge in [-0.25, -0.2) is 4.39 Å². The maximum absolute atomic E-state index is 13.4. The van der Waals surface area contributed by atoms with Crippen LogP contribution in [0.1, 0.15) is 15.9 Å². The molecule has 0 atom stereocenters. The Morgan fingerprint density at radius 3 is 2.53 bits per heavy atom. The first-order valence-electron chi connectivity index (χ1n) is 5.94. The van der Waals surface area contributed by atoms with E-state index in [1.54, 1.807) is 24.3 Å². The fourth-order valence-corrected chi connectivity index (χ4v) is 2.38. The maximum Gasteiger partial charge on any atom is 0.252 e. The van der Waals surface area contributed by atoms with Crippen molar-refractivity contribution in [2.45, 2.75) is 6.42 Å². The van der Waals surface area contributed by atoms with Crippen molar-refractivity contribution in [2.75, 3.05) is 6.54 Å². The third-order valence-electron chi connectivity index (χ3n) is 2.76. The summed E-state index contributed by atoms with van der Waals surface area (Å²) in [6.45, 7) is 0.421. The van der Waals surface area contributed by atoms with Crippen LogP contribution < -0.4 is 5.32 Å². The van der Waals surface area contributed by atoms with Gasteiger partial charge < -0.3 is 5.32 Å². The van der Waals surface area contributed by atoms with Gasteiger partial charge in [0.05, 0.1) is 5.56 Å². The lowest BCUT2D eigenvalue weighted by Crippen LogP contribution is -2.26. The highest BCUT2D eigenvalue weighted by molar-refractivity contribution is 14.1. The zero-order valence-electron chi connectivity index (χ0n) is 10.2. The van der Waals surface area contributed by atoms with E-state index in [9.17, 15) is 9.18 Å². The first-order chi connectivity index (χ1) is 9.18. The van der Waals surface area contributed by atoms with Gasteiger partial charge >= 0.3 is 0 Å². The molecule has 4 heteroatoms. The standard InChI is InChI=1S/C15H13FINO/c16-13-7-3-1-5-11(13)9-10-18-15(19)12-6-2-4-8-14(12)17/h1-8H,9-10H2,(H,18,19). The van der Waals surface area contributed by atoms with E-state index in [0.717, 1.165) is 3.57 Å². The Morgan fingerprint density at radius 2 is 1.79 bits per heavy atom. The number of nitrogens with one attached hydrogen (secondary N) is 1. The quantitative estimate of drug-likeness (QED) is 0.823. The molecular weight excluding hydrogens is 356 g/mol. The number of halogens is 2. The molecule has 0 aliphatic heterocycles. The highest BCUT2D eigenvalue weighted by Crippen LogP contribution is 2.11. The van der Waals surface area contributed by atoms with Crippen molar-refractivity contribution in [1.82, 2.24) is 5.32 Å². The highest BCUT2D eigenvalue weighted by Gasteiger charge is 2.08. The van der Waals surface area contributed by atoms with Crippen LogP contribution in [0.25, 0.3) is 0 Å². The van der Waals surface area contributed by atoms with E-state index in [1.807, 2.05) is 18.2 Å². The maximum atomic E-state index is 13.4. The summed E-state index contributed by atoms with van der Waals surface area (Å²) in [4.78, 5) is 11.9. The minimum Gasteiger partial charge on any atom is -0.352 e. The summed E-state index contributed by atoms with van der Waals surface area (Å²) in [6, 6.07) is 14.0. The molecule has 2 aromatic carbocycles. The molecule has 0 saturated heterocycles. The van der Waals surface area contributed by atoms with Crippen molar-refractivity contribution >= 4 is 28.5 Å². The molecule has 2 aromatic rings. The Bertz CT molecular complexity index is 586. The predicted molar refractivity (Wildman–Crippen MR) is 81.6 cm³/mol. The second kappa shape index (κ2) is 6.65. The molecule has 0 saturated carbocycles. The number of benzene rings is 2. The van der Waals surface area contributed by atoms with Crippen LogP contribution in [0, 0.1) is 9.39 Å². The molecular formula is C15H13FINO. The van der Waals surface area contributed by atoms with Crippen LogP contribution in [0.3, 0.4) is 0 Å². The van der Waals surface area contributed by atoms with Crippen molar-refractivity contribution in [3.05, 3.63) is 69.0 Å². The van der Waals surface area contributed by atoms with Crippen LogP contribution in [-0.4, -0.2) is 12.5 Å². The number of carbonyl (C=O) groups excluding carboxylic acids is 1. The number of amides is 1. The average Bonchev–Trinajstić information content (AvgIpc) is 2.41.